The Morgan fingerprint density at radius 3 is 2.62 bits per heavy atom. The van der Waals surface area contributed by atoms with Crippen molar-refractivity contribution in [1.29, 1.82) is 0 Å². The molecule has 0 saturated carbocycles. The monoisotopic (exact) mass is 279 g/mol. The van der Waals surface area contributed by atoms with Crippen LogP contribution in [-0.4, -0.2) is 23.9 Å². The summed E-state index contributed by atoms with van der Waals surface area (Å²) < 4.78 is 0. The molecular formula is C19H21NO. The van der Waals surface area contributed by atoms with Crippen molar-refractivity contribution < 1.29 is 4.79 Å². The fourth-order valence-electron chi connectivity index (χ4n) is 2.89. The molecule has 108 valence electrons. The van der Waals surface area contributed by atoms with Crippen molar-refractivity contribution in [3.63, 3.8) is 0 Å². The largest absolute Gasteiger partial charge is 0.339 e. The van der Waals surface area contributed by atoms with Gasteiger partial charge in [-0.05, 0) is 41.2 Å². The van der Waals surface area contributed by atoms with Crippen LogP contribution in [0.1, 0.15) is 25.3 Å². The zero-order chi connectivity index (χ0) is 14.7. The Morgan fingerprint density at radius 1 is 1.10 bits per heavy atom. The first-order valence-electron chi connectivity index (χ1n) is 7.69. The number of amides is 1. The van der Waals surface area contributed by atoms with Crippen LogP contribution in [0.5, 0.6) is 0 Å². The first kappa shape index (κ1) is 13.9. The topological polar surface area (TPSA) is 20.3 Å². The van der Waals surface area contributed by atoms with Gasteiger partial charge in [0.05, 0.1) is 0 Å². The number of rotatable bonds is 2. The molecule has 0 bridgehead atoms. The smallest absolute Gasteiger partial charge is 0.246 e. The second-order valence-corrected chi connectivity index (χ2v) is 5.91. The molecule has 3 rings (SSSR count). The van der Waals surface area contributed by atoms with Gasteiger partial charge < -0.3 is 4.90 Å². The van der Waals surface area contributed by atoms with Gasteiger partial charge in [0.25, 0.3) is 0 Å². The molecule has 0 unspecified atom stereocenters. The van der Waals surface area contributed by atoms with Crippen LogP contribution < -0.4 is 0 Å². The standard InChI is InChI=1S/C19H21NO/c1-15-11-13-20(14-12-15)19(21)10-9-17-7-4-6-16-5-2-3-8-18(16)17/h2-10,15H,11-14H2,1H3/b10-9+. The number of carbonyl (C=O) groups excluding carboxylic acids is 1. The highest BCUT2D eigenvalue weighted by atomic mass is 16.2. The number of likely N-dealkylation sites (tertiary alicyclic amines) is 1. The van der Waals surface area contributed by atoms with Gasteiger partial charge in [0.2, 0.25) is 5.91 Å². The number of nitrogens with zero attached hydrogens (tertiary/aromatic N) is 1. The summed E-state index contributed by atoms with van der Waals surface area (Å²) in [4.78, 5) is 14.2. The van der Waals surface area contributed by atoms with E-state index in [4.69, 9.17) is 0 Å². The molecule has 21 heavy (non-hydrogen) atoms. The van der Waals surface area contributed by atoms with Crippen molar-refractivity contribution in [2.24, 2.45) is 5.92 Å². The van der Waals surface area contributed by atoms with Gasteiger partial charge in [-0.2, -0.15) is 0 Å². The van der Waals surface area contributed by atoms with Crippen LogP contribution in [-0.2, 0) is 4.79 Å². The van der Waals surface area contributed by atoms with E-state index in [0.717, 1.165) is 37.4 Å². The third kappa shape index (κ3) is 3.15. The summed E-state index contributed by atoms with van der Waals surface area (Å²) in [7, 11) is 0. The van der Waals surface area contributed by atoms with E-state index in [1.807, 2.05) is 29.2 Å². The molecule has 1 aliphatic rings. The molecule has 1 saturated heterocycles. The molecule has 0 atom stereocenters. The number of benzene rings is 2. The first-order chi connectivity index (χ1) is 10.2. The van der Waals surface area contributed by atoms with Crippen LogP contribution in [0.2, 0.25) is 0 Å². The Hall–Kier alpha value is -2.09. The fourth-order valence-corrected chi connectivity index (χ4v) is 2.89. The zero-order valence-corrected chi connectivity index (χ0v) is 12.5. The van der Waals surface area contributed by atoms with Gasteiger partial charge >= 0.3 is 0 Å². The highest BCUT2D eigenvalue weighted by molar-refractivity contribution is 5.96. The normalized spacial score (nSPS) is 16.7. The van der Waals surface area contributed by atoms with Crippen LogP contribution in [0.15, 0.2) is 48.5 Å². The minimum Gasteiger partial charge on any atom is -0.339 e. The Kier molecular flexibility index (Phi) is 4.05. The number of fused-ring (bicyclic) bond motifs is 1. The summed E-state index contributed by atoms with van der Waals surface area (Å²) in [5, 5.41) is 2.40. The van der Waals surface area contributed by atoms with E-state index in [1.165, 1.54) is 10.8 Å². The maximum atomic E-state index is 12.3. The Bertz CT molecular complexity index is 661. The predicted molar refractivity (Wildman–Crippen MR) is 88.0 cm³/mol. The quantitative estimate of drug-likeness (QED) is 0.757. The minimum atomic E-state index is 0.134. The third-order valence-electron chi connectivity index (χ3n) is 4.32. The predicted octanol–water partition coefficient (Wildman–Crippen LogP) is 4.11. The van der Waals surface area contributed by atoms with Crippen molar-refractivity contribution in [1.82, 2.24) is 4.90 Å². The summed E-state index contributed by atoms with van der Waals surface area (Å²) >= 11 is 0. The summed E-state index contributed by atoms with van der Waals surface area (Å²) in [5.41, 5.74) is 1.10. The average Bonchev–Trinajstić information content (AvgIpc) is 2.53. The minimum absolute atomic E-state index is 0.134. The van der Waals surface area contributed by atoms with Gasteiger partial charge in [-0.15, -0.1) is 0 Å². The van der Waals surface area contributed by atoms with Crippen LogP contribution in [0.25, 0.3) is 16.8 Å². The molecule has 2 heteroatoms. The molecule has 1 amide bonds. The first-order valence-corrected chi connectivity index (χ1v) is 7.69. The lowest BCUT2D eigenvalue weighted by Crippen LogP contribution is -2.36. The van der Waals surface area contributed by atoms with Crippen molar-refractivity contribution in [3.05, 3.63) is 54.1 Å². The highest BCUT2D eigenvalue weighted by Crippen LogP contribution is 2.20. The van der Waals surface area contributed by atoms with Gasteiger partial charge in [0.15, 0.2) is 0 Å². The molecule has 0 N–H and O–H groups in total. The van der Waals surface area contributed by atoms with E-state index < -0.39 is 0 Å². The second-order valence-electron chi connectivity index (χ2n) is 5.91. The maximum absolute atomic E-state index is 12.3. The SMILES string of the molecule is CC1CCN(C(=O)/C=C/c2cccc3ccccc23)CC1. The van der Waals surface area contributed by atoms with Crippen molar-refractivity contribution in [3.8, 4) is 0 Å². The second kappa shape index (κ2) is 6.13. The molecule has 1 aliphatic heterocycles. The number of hydrogen-bond acceptors (Lipinski definition) is 1. The van der Waals surface area contributed by atoms with Crippen LogP contribution in [0, 0.1) is 5.92 Å². The Balaban J connectivity index is 1.77. The van der Waals surface area contributed by atoms with Gasteiger partial charge in [0.1, 0.15) is 0 Å². The summed E-state index contributed by atoms with van der Waals surface area (Å²) in [6.45, 7) is 4.04. The van der Waals surface area contributed by atoms with Crippen molar-refractivity contribution >= 4 is 22.8 Å². The van der Waals surface area contributed by atoms with Gasteiger partial charge in [-0.1, -0.05) is 49.4 Å². The molecular weight excluding hydrogens is 258 g/mol. The lowest BCUT2D eigenvalue weighted by atomic mass is 9.99. The molecule has 2 aromatic carbocycles. The van der Waals surface area contributed by atoms with Gasteiger partial charge in [0, 0.05) is 19.2 Å². The van der Waals surface area contributed by atoms with Crippen LogP contribution in [0.3, 0.4) is 0 Å². The third-order valence-corrected chi connectivity index (χ3v) is 4.32. The number of hydrogen-bond donors (Lipinski definition) is 0. The van der Waals surface area contributed by atoms with Gasteiger partial charge in [-0.25, -0.2) is 0 Å². The molecule has 2 nitrogen and oxygen atoms in total. The van der Waals surface area contributed by atoms with Crippen molar-refractivity contribution in [2.75, 3.05) is 13.1 Å². The number of carbonyl (C=O) groups is 1. The fraction of sp³-hybridized carbons (Fsp3) is 0.316. The summed E-state index contributed by atoms with van der Waals surface area (Å²) in [5.74, 6) is 0.880. The Morgan fingerprint density at radius 2 is 1.81 bits per heavy atom. The van der Waals surface area contributed by atoms with Crippen molar-refractivity contribution in [2.45, 2.75) is 19.8 Å². The van der Waals surface area contributed by atoms with Crippen LogP contribution >= 0.6 is 0 Å². The summed E-state index contributed by atoms with van der Waals surface area (Å²) in [6.07, 6.45) is 5.90. The lowest BCUT2D eigenvalue weighted by Gasteiger charge is -2.29. The Labute approximate surface area is 126 Å². The molecule has 1 fully saturated rings. The molecule has 0 aromatic heterocycles. The number of piperidine rings is 1. The molecule has 0 spiro atoms. The van der Waals surface area contributed by atoms with E-state index >= 15 is 0 Å². The lowest BCUT2D eigenvalue weighted by molar-refractivity contribution is -0.127. The zero-order valence-electron chi connectivity index (χ0n) is 12.5. The van der Waals surface area contributed by atoms with E-state index in [9.17, 15) is 4.79 Å². The molecule has 0 aliphatic carbocycles. The summed E-state index contributed by atoms with van der Waals surface area (Å²) in [6, 6.07) is 14.5. The van der Waals surface area contributed by atoms with E-state index in [-0.39, 0.29) is 5.91 Å². The average molecular weight is 279 g/mol. The van der Waals surface area contributed by atoms with Gasteiger partial charge in [-0.3, -0.25) is 4.79 Å². The van der Waals surface area contributed by atoms with Crippen LogP contribution in [0.4, 0.5) is 0 Å². The molecule has 0 radical (unpaired) electrons. The maximum Gasteiger partial charge on any atom is 0.246 e. The molecule has 2 aromatic rings. The molecule has 1 heterocycles. The highest BCUT2D eigenvalue weighted by Gasteiger charge is 2.18. The van der Waals surface area contributed by atoms with E-state index in [1.54, 1.807) is 6.08 Å². The van der Waals surface area contributed by atoms with E-state index in [0.29, 0.717) is 0 Å². The van der Waals surface area contributed by atoms with E-state index in [2.05, 4.69) is 31.2 Å².